The van der Waals surface area contributed by atoms with Crippen LogP contribution >= 0.6 is 11.3 Å². The lowest BCUT2D eigenvalue weighted by Crippen LogP contribution is -2.58. The van der Waals surface area contributed by atoms with Gasteiger partial charge in [0.2, 0.25) is 0 Å². The summed E-state index contributed by atoms with van der Waals surface area (Å²) < 4.78 is 9.61. The molecule has 0 saturated heterocycles. The molecule has 2 aliphatic heterocycles. The smallest absolute Gasteiger partial charge is 0.268 e. The van der Waals surface area contributed by atoms with Gasteiger partial charge < -0.3 is 9.64 Å². The van der Waals surface area contributed by atoms with Crippen molar-refractivity contribution in [3.63, 3.8) is 0 Å². The van der Waals surface area contributed by atoms with Crippen molar-refractivity contribution >= 4 is 60.9 Å². The van der Waals surface area contributed by atoms with Crippen LogP contribution in [0.5, 0.6) is 11.5 Å². The van der Waals surface area contributed by atoms with Gasteiger partial charge >= 0.3 is 0 Å². The maximum atomic E-state index is 6.83. The van der Waals surface area contributed by atoms with Gasteiger partial charge in [-0.25, -0.2) is 0 Å². The summed E-state index contributed by atoms with van der Waals surface area (Å²) >= 11 is 1.97. The fourth-order valence-electron chi connectivity index (χ4n) is 8.06. The Hall–Kier alpha value is -3.50. The van der Waals surface area contributed by atoms with Gasteiger partial charge in [-0.05, 0) is 100 Å². The van der Waals surface area contributed by atoms with Gasteiger partial charge in [0, 0.05) is 26.2 Å². The topological polar surface area (TPSA) is 12.5 Å². The first kappa shape index (κ1) is 25.2. The molecule has 0 atom stereocenters. The molecule has 3 aliphatic rings. The third kappa shape index (κ3) is 3.62. The molecule has 0 saturated carbocycles. The molecule has 41 heavy (non-hydrogen) atoms. The molecule has 3 heterocycles. The fraction of sp³-hybridized carbons (Fsp3) is 0.297. The summed E-state index contributed by atoms with van der Waals surface area (Å²) in [5, 5.41) is 1.37. The van der Waals surface area contributed by atoms with Crippen LogP contribution in [0.3, 0.4) is 0 Å². The predicted octanol–water partition coefficient (Wildman–Crippen LogP) is 8.61. The molecule has 1 aromatic heterocycles. The molecule has 4 heteroatoms. The molecular weight excluding hydrogens is 517 g/mol. The van der Waals surface area contributed by atoms with E-state index < -0.39 is 0 Å². The van der Waals surface area contributed by atoms with E-state index in [1.54, 1.807) is 0 Å². The highest BCUT2D eigenvalue weighted by Crippen LogP contribution is 2.51. The standard InChI is InChI=1S/C37H36BNOS/c1-6-7-12-23-17-18-32-25(19-23)34-35(41-32)38-28-20-26-27(37(4,5)22-36(26,2)3)21-31(28)40-30-16-11-15-29(33(30)38)39(34)24-13-9-8-10-14-24/h8-11,13-21H,6-7,12,22H2,1-5H3. The van der Waals surface area contributed by atoms with Gasteiger partial charge in [0.15, 0.2) is 0 Å². The van der Waals surface area contributed by atoms with E-state index in [4.69, 9.17) is 4.74 Å². The zero-order chi connectivity index (χ0) is 28.1. The highest BCUT2D eigenvalue weighted by atomic mass is 32.1. The van der Waals surface area contributed by atoms with Crippen LogP contribution < -0.4 is 25.3 Å². The van der Waals surface area contributed by atoms with E-state index in [0.29, 0.717) is 0 Å². The number of para-hydroxylation sites is 1. The van der Waals surface area contributed by atoms with E-state index >= 15 is 0 Å². The minimum atomic E-state index is 0.133. The lowest BCUT2D eigenvalue weighted by Gasteiger charge is -2.39. The number of nitrogens with zero attached hydrogens (tertiary/aromatic N) is 1. The van der Waals surface area contributed by atoms with Crippen LogP contribution in [-0.2, 0) is 17.3 Å². The summed E-state index contributed by atoms with van der Waals surface area (Å²) in [5.74, 6) is 2.02. The van der Waals surface area contributed by atoms with E-state index in [1.165, 1.54) is 72.4 Å². The van der Waals surface area contributed by atoms with Crippen LogP contribution in [0.15, 0.2) is 78.9 Å². The maximum absolute atomic E-state index is 6.83. The van der Waals surface area contributed by atoms with Crippen molar-refractivity contribution in [2.75, 3.05) is 4.90 Å². The third-order valence-electron chi connectivity index (χ3n) is 9.67. The Morgan fingerprint density at radius 3 is 2.41 bits per heavy atom. The minimum absolute atomic E-state index is 0.133. The van der Waals surface area contributed by atoms with Gasteiger partial charge in [-0.1, -0.05) is 77.4 Å². The molecule has 2 nitrogen and oxygen atoms in total. The average Bonchev–Trinajstić information content (AvgIpc) is 3.41. The van der Waals surface area contributed by atoms with Crippen LogP contribution in [0.1, 0.15) is 70.6 Å². The average molecular weight is 554 g/mol. The van der Waals surface area contributed by atoms with Crippen LogP contribution in [0, 0.1) is 0 Å². The summed E-state index contributed by atoms with van der Waals surface area (Å²) in [4.78, 5) is 2.50. The van der Waals surface area contributed by atoms with E-state index in [1.807, 2.05) is 11.3 Å². The molecule has 4 aromatic carbocycles. The molecule has 8 rings (SSSR count). The van der Waals surface area contributed by atoms with Crippen LogP contribution in [-0.4, -0.2) is 6.71 Å². The second-order valence-corrected chi connectivity index (χ2v) is 14.6. The molecule has 0 bridgehead atoms. The van der Waals surface area contributed by atoms with Crippen molar-refractivity contribution in [3.05, 3.63) is 95.6 Å². The van der Waals surface area contributed by atoms with Crippen molar-refractivity contribution in [3.8, 4) is 11.5 Å². The number of thiophene rings is 1. The number of anilines is 3. The van der Waals surface area contributed by atoms with E-state index in [0.717, 1.165) is 24.3 Å². The van der Waals surface area contributed by atoms with Crippen LogP contribution in [0.25, 0.3) is 10.1 Å². The summed E-state index contributed by atoms with van der Waals surface area (Å²) in [6, 6.07) is 29.6. The second kappa shape index (κ2) is 8.75. The summed E-state index contributed by atoms with van der Waals surface area (Å²) in [6.45, 7) is 12.0. The zero-order valence-corrected chi connectivity index (χ0v) is 25.5. The lowest BCUT2D eigenvalue weighted by molar-refractivity contribution is 0.402. The van der Waals surface area contributed by atoms with Gasteiger partial charge in [0.1, 0.15) is 11.5 Å². The highest BCUT2D eigenvalue weighted by molar-refractivity contribution is 7.33. The maximum Gasteiger partial charge on any atom is 0.268 e. The molecule has 0 fully saturated rings. The summed E-state index contributed by atoms with van der Waals surface area (Å²) in [5.41, 5.74) is 11.0. The molecule has 0 unspecified atom stereocenters. The number of aryl methyl sites for hydroxylation is 1. The highest BCUT2D eigenvalue weighted by Gasteiger charge is 2.47. The molecular formula is C37H36BNOS. The predicted molar refractivity (Wildman–Crippen MR) is 177 cm³/mol. The van der Waals surface area contributed by atoms with Crippen LogP contribution in [0.2, 0.25) is 0 Å². The number of ether oxygens (including phenoxy) is 1. The Kier molecular flexibility index (Phi) is 5.39. The van der Waals surface area contributed by atoms with Gasteiger partial charge in [-0.15, -0.1) is 11.3 Å². The monoisotopic (exact) mass is 553 g/mol. The van der Waals surface area contributed by atoms with Crippen molar-refractivity contribution in [2.45, 2.75) is 71.1 Å². The molecule has 0 radical (unpaired) electrons. The Bertz CT molecular complexity index is 1850. The number of fused-ring (bicyclic) bond motifs is 7. The molecule has 0 amide bonds. The molecule has 0 spiro atoms. The van der Waals surface area contributed by atoms with Crippen molar-refractivity contribution in [2.24, 2.45) is 0 Å². The van der Waals surface area contributed by atoms with Crippen molar-refractivity contribution < 1.29 is 4.74 Å². The number of hydrogen-bond acceptors (Lipinski definition) is 3. The molecule has 1 aliphatic carbocycles. The first-order valence-electron chi connectivity index (χ1n) is 15.2. The summed E-state index contributed by atoms with van der Waals surface area (Å²) in [7, 11) is 0. The summed E-state index contributed by atoms with van der Waals surface area (Å²) in [6.07, 6.45) is 4.71. The molecule has 0 N–H and O–H groups in total. The van der Waals surface area contributed by atoms with E-state index in [2.05, 4.69) is 118 Å². The Morgan fingerprint density at radius 1 is 0.854 bits per heavy atom. The number of benzene rings is 4. The van der Waals surface area contributed by atoms with Gasteiger partial charge in [0.25, 0.3) is 6.71 Å². The van der Waals surface area contributed by atoms with Crippen molar-refractivity contribution in [1.82, 2.24) is 0 Å². The van der Waals surface area contributed by atoms with Crippen LogP contribution in [0.4, 0.5) is 17.1 Å². The fourth-order valence-corrected chi connectivity index (χ4v) is 9.36. The Labute approximate surface area is 248 Å². The largest absolute Gasteiger partial charge is 0.458 e. The quantitative estimate of drug-likeness (QED) is 0.202. The minimum Gasteiger partial charge on any atom is -0.458 e. The number of hydrogen-bond donors (Lipinski definition) is 0. The first-order valence-corrected chi connectivity index (χ1v) is 16.0. The Morgan fingerprint density at radius 2 is 1.63 bits per heavy atom. The van der Waals surface area contributed by atoms with Gasteiger partial charge in [0.05, 0.1) is 5.69 Å². The normalized spacial score (nSPS) is 17.1. The lowest BCUT2D eigenvalue weighted by atomic mass is 9.36. The SMILES string of the molecule is CCCCc1ccc2sc3c(c2c1)N(c1ccccc1)c1cccc2c1B3c1cc3c(cc1O2)C(C)(C)CC3(C)C. The van der Waals surface area contributed by atoms with Gasteiger partial charge in [-0.3, -0.25) is 0 Å². The third-order valence-corrected chi connectivity index (χ3v) is 10.9. The molecule has 5 aromatic rings. The Balaban J connectivity index is 1.43. The van der Waals surface area contributed by atoms with E-state index in [-0.39, 0.29) is 17.5 Å². The second-order valence-electron chi connectivity index (χ2n) is 13.5. The molecule has 204 valence electrons. The van der Waals surface area contributed by atoms with Gasteiger partial charge in [-0.2, -0.15) is 0 Å². The first-order chi connectivity index (χ1) is 19.8. The zero-order valence-electron chi connectivity index (χ0n) is 24.7. The number of unbranched alkanes of at least 4 members (excludes halogenated alkanes) is 1. The van der Waals surface area contributed by atoms with E-state index in [9.17, 15) is 0 Å². The van der Waals surface area contributed by atoms with Crippen molar-refractivity contribution in [1.29, 1.82) is 0 Å². The number of rotatable bonds is 4.